The molecule has 0 unspecified atom stereocenters. The fourth-order valence-corrected chi connectivity index (χ4v) is 1.11. The van der Waals surface area contributed by atoms with Gasteiger partial charge in [-0.25, -0.2) is 0 Å². The Morgan fingerprint density at radius 3 is 1.06 bits per heavy atom. The van der Waals surface area contributed by atoms with Crippen molar-refractivity contribution in [1.29, 1.82) is 0 Å². The second-order valence-electron chi connectivity index (χ2n) is 3.09. The molecule has 0 spiro atoms. The van der Waals surface area contributed by atoms with Crippen molar-refractivity contribution in [2.75, 3.05) is 0 Å². The summed E-state index contributed by atoms with van der Waals surface area (Å²) in [5, 5.41) is 0. The van der Waals surface area contributed by atoms with Gasteiger partial charge in [0.25, 0.3) is 0 Å². The maximum absolute atomic E-state index is 3.51. The maximum atomic E-state index is 3.51. The van der Waals surface area contributed by atoms with E-state index in [-0.39, 0.29) is 19.5 Å². The maximum Gasteiger partial charge on any atom is 2.00 e. The summed E-state index contributed by atoms with van der Waals surface area (Å²) in [4.78, 5) is 0. The van der Waals surface area contributed by atoms with Crippen LogP contribution in [0.2, 0.25) is 0 Å². The van der Waals surface area contributed by atoms with Crippen molar-refractivity contribution in [2.24, 2.45) is 0 Å². The molecule has 2 rings (SSSR count). The molecule has 0 aliphatic heterocycles. The second-order valence-corrected chi connectivity index (χ2v) is 3.09. The zero-order valence-corrected chi connectivity index (χ0v) is 12.9. The first-order valence-corrected chi connectivity index (χ1v) is 5.03. The molecule has 2 aromatic rings. The summed E-state index contributed by atoms with van der Waals surface area (Å²) >= 11 is 0. The normalized spacial score (nSPS) is 8.00. The van der Waals surface area contributed by atoms with Crippen LogP contribution in [0.3, 0.4) is 0 Å². The summed E-state index contributed by atoms with van der Waals surface area (Å²) in [6, 6.07) is 19.7. The third-order valence-electron chi connectivity index (χ3n) is 1.96. The molecule has 0 bridgehead atoms. The summed E-state index contributed by atoms with van der Waals surface area (Å²) in [5.41, 5.74) is 2.10. The molecular formula is C16H14Zn. The summed E-state index contributed by atoms with van der Waals surface area (Å²) < 4.78 is 0. The first kappa shape index (κ1) is 15.5. The van der Waals surface area contributed by atoms with E-state index in [2.05, 4.69) is 25.3 Å². The Bertz CT molecular complexity index is 374. The van der Waals surface area contributed by atoms with Gasteiger partial charge in [-0.2, -0.15) is 60.7 Å². The van der Waals surface area contributed by atoms with E-state index >= 15 is 0 Å². The first-order chi connectivity index (χ1) is 7.86. The van der Waals surface area contributed by atoms with Crippen molar-refractivity contribution in [3.8, 4) is 0 Å². The standard InChI is InChI=1S/2C8H7.Zn/c2*1-2-8-6-4-3-5-7-8;/h2*3-7H,1H2;/q2*-1;+2. The van der Waals surface area contributed by atoms with Gasteiger partial charge in [-0.05, 0) is 0 Å². The molecule has 0 nitrogen and oxygen atoms in total. The Morgan fingerprint density at radius 2 is 0.882 bits per heavy atom. The molecule has 17 heavy (non-hydrogen) atoms. The third kappa shape index (κ3) is 6.65. The fraction of sp³-hybridized carbons (Fsp3) is 0. The Balaban J connectivity index is 0.000000284. The fourth-order valence-electron chi connectivity index (χ4n) is 1.11. The summed E-state index contributed by atoms with van der Waals surface area (Å²) in [6.45, 7) is 7.01. The Morgan fingerprint density at radius 1 is 0.588 bits per heavy atom. The molecule has 0 N–H and O–H groups in total. The van der Waals surface area contributed by atoms with Crippen LogP contribution in [0.15, 0.2) is 73.8 Å². The van der Waals surface area contributed by atoms with Crippen LogP contribution in [0.5, 0.6) is 0 Å². The molecule has 0 atom stereocenters. The quantitative estimate of drug-likeness (QED) is 0.571. The van der Waals surface area contributed by atoms with E-state index in [0.717, 1.165) is 11.1 Å². The SMILES string of the molecule is C=[C-]c1ccccc1.C=[C-]c1ccccc1.[Zn+2]. The van der Waals surface area contributed by atoms with Crippen molar-refractivity contribution in [2.45, 2.75) is 0 Å². The average molecular weight is 272 g/mol. The predicted octanol–water partition coefficient (Wildman–Crippen LogP) is 4.05. The van der Waals surface area contributed by atoms with Gasteiger partial charge in [0.1, 0.15) is 0 Å². The predicted molar refractivity (Wildman–Crippen MR) is 68.8 cm³/mol. The van der Waals surface area contributed by atoms with Gasteiger partial charge in [0.05, 0.1) is 0 Å². The van der Waals surface area contributed by atoms with Crippen LogP contribution in [0.1, 0.15) is 11.1 Å². The van der Waals surface area contributed by atoms with E-state index < -0.39 is 0 Å². The van der Waals surface area contributed by atoms with Crippen molar-refractivity contribution < 1.29 is 19.5 Å². The van der Waals surface area contributed by atoms with E-state index in [4.69, 9.17) is 0 Å². The van der Waals surface area contributed by atoms with Gasteiger partial charge in [-0.1, -0.05) is 12.1 Å². The van der Waals surface area contributed by atoms with Gasteiger partial charge in [0.15, 0.2) is 0 Å². The molecule has 0 aromatic heterocycles. The molecule has 80 valence electrons. The largest absolute Gasteiger partial charge is 2.00 e. The monoisotopic (exact) mass is 270 g/mol. The Labute approximate surface area is 116 Å². The van der Waals surface area contributed by atoms with Gasteiger partial charge in [-0.3, -0.25) is 0 Å². The molecule has 1 heteroatoms. The van der Waals surface area contributed by atoms with Crippen LogP contribution < -0.4 is 0 Å². The minimum absolute atomic E-state index is 0. The van der Waals surface area contributed by atoms with Gasteiger partial charge >= 0.3 is 19.5 Å². The molecule has 0 heterocycles. The van der Waals surface area contributed by atoms with Crippen molar-refractivity contribution in [3.63, 3.8) is 0 Å². The van der Waals surface area contributed by atoms with Crippen molar-refractivity contribution in [1.82, 2.24) is 0 Å². The molecular weight excluding hydrogens is 258 g/mol. The minimum atomic E-state index is 0. The molecule has 2 aromatic carbocycles. The molecule has 0 amide bonds. The number of hydrogen-bond donors (Lipinski definition) is 0. The van der Waals surface area contributed by atoms with Crippen LogP contribution >= 0.6 is 0 Å². The van der Waals surface area contributed by atoms with Crippen LogP contribution in [-0.4, -0.2) is 0 Å². The molecule has 0 saturated carbocycles. The zero-order chi connectivity index (χ0) is 11.6. The van der Waals surface area contributed by atoms with Crippen LogP contribution in [0, 0.1) is 12.2 Å². The zero-order valence-electron chi connectivity index (χ0n) is 9.89. The summed E-state index contributed by atoms with van der Waals surface area (Å²) in [7, 11) is 0. The Kier molecular flexibility index (Phi) is 8.91. The molecule has 0 saturated heterocycles. The van der Waals surface area contributed by atoms with Crippen molar-refractivity contribution in [3.05, 3.63) is 97.1 Å². The van der Waals surface area contributed by atoms with E-state index in [9.17, 15) is 0 Å². The van der Waals surface area contributed by atoms with Gasteiger partial charge < -0.3 is 0 Å². The van der Waals surface area contributed by atoms with Crippen LogP contribution in [0.25, 0.3) is 0 Å². The van der Waals surface area contributed by atoms with Crippen LogP contribution in [0.4, 0.5) is 0 Å². The minimum Gasteiger partial charge on any atom is -0.193 e. The Hall–Kier alpha value is -1.46. The first-order valence-electron chi connectivity index (χ1n) is 5.03. The van der Waals surface area contributed by atoms with Gasteiger partial charge in [-0.15, -0.1) is 24.3 Å². The van der Waals surface area contributed by atoms with Gasteiger partial charge in [0.2, 0.25) is 0 Å². The number of benzene rings is 2. The molecule has 0 radical (unpaired) electrons. The molecule has 0 fully saturated rings. The molecule has 0 aliphatic rings. The van der Waals surface area contributed by atoms with E-state index in [1.165, 1.54) is 0 Å². The van der Waals surface area contributed by atoms with E-state index in [0.29, 0.717) is 0 Å². The topological polar surface area (TPSA) is 0 Å². The van der Waals surface area contributed by atoms with Crippen molar-refractivity contribution >= 4 is 0 Å². The van der Waals surface area contributed by atoms with Gasteiger partial charge in [0, 0.05) is 0 Å². The average Bonchev–Trinajstić information content (AvgIpc) is 2.41. The van der Waals surface area contributed by atoms with Crippen LogP contribution in [-0.2, 0) is 19.5 Å². The number of rotatable bonds is 2. The smallest absolute Gasteiger partial charge is 0.193 e. The number of hydrogen-bond acceptors (Lipinski definition) is 0. The molecule has 0 aliphatic carbocycles. The second kappa shape index (κ2) is 9.75. The van der Waals surface area contributed by atoms with E-state index in [1.807, 2.05) is 60.7 Å². The third-order valence-corrected chi connectivity index (χ3v) is 1.96. The van der Waals surface area contributed by atoms with E-state index in [1.54, 1.807) is 0 Å². The summed E-state index contributed by atoms with van der Waals surface area (Å²) in [5.74, 6) is 0. The summed E-state index contributed by atoms with van der Waals surface area (Å²) in [6.07, 6.45) is 5.55.